The average molecular weight is 385 g/mol. The van der Waals surface area contributed by atoms with Crippen LogP contribution < -0.4 is 10.1 Å². The molecule has 28 heavy (non-hydrogen) atoms. The number of benzene rings is 1. The highest BCUT2D eigenvalue weighted by molar-refractivity contribution is 6.05. The highest BCUT2D eigenvalue weighted by Crippen LogP contribution is 2.31. The molecular formula is C21H27N3O4. The molecule has 1 N–H and O–H groups in total. The van der Waals surface area contributed by atoms with Crippen molar-refractivity contribution in [3.8, 4) is 5.75 Å². The number of fused-ring (bicyclic) bond motifs is 1. The van der Waals surface area contributed by atoms with Crippen molar-refractivity contribution in [1.29, 1.82) is 0 Å². The minimum Gasteiger partial charge on any atom is -0.489 e. The van der Waals surface area contributed by atoms with E-state index in [9.17, 15) is 14.4 Å². The first-order valence-corrected chi connectivity index (χ1v) is 10.1. The third-order valence-corrected chi connectivity index (χ3v) is 6.20. The van der Waals surface area contributed by atoms with Crippen LogP contribution in [-0.2, 0) is 16.1 Å². The van der Waals surface area contributed by atoms with Gasteiger partial charge in [-0.2, -0.15) is 0 Å². The fourth-order valence-electron chi connectivity index (χ4n) is 4.34. The van der Waals surface area contributed by atoms with Crippen LogP contribution in [0.25, 0.3) is 0 Å². The predicted octanol–water partition coefficient (Wildman–Crippen LogP) is 1.56. The highest BCUT2D eigenvalue weighted by Gasteiger charge is 2.39. The quantitative estimate of drug-likeness (QED) is 0.796. The molecule has 0 radical (unpaired) electrons. The Bertz CT molecular complexity index is 809. The van der Waals surface area contributed by atoms with Crippen LogP contribution in [0.5, 0.6) is 5.75 Å². The van der Waals surface area contributed by atoms with Gasteiger partial charge in [0.25, 0.3) is 5.91 Å². The maximum absolute atomic E-state index is 12.8. The van der Waals surface area contributed by atoms with Gasteiger partial charge in [0.05, 0.1) is 0 Å². The first-order chi connectivity index (χ1) is 13.5. The van der Waals surface area contributed by atoms with Crippen molar-refractivity contribution in [3.63, 3.8) is 0 Å². The van der Waals surface area contributed by atoms with E-state index >= 15 is 0 Å². The van der Waals surface area contributed by atoms with E-state index in [4.69, 9.17) is 4.74 Å². The number of likely N-dealkylation sites (tertiary alicyclic amines) is 1. The van der Waals surface area contributed by atoms with E-state index < -0.39 is 6.04 Å². The largest absolute Gasteiger partial charge is 0.489 e. The number of ether oxygens (including phenoxy) is 1. The van der Waals surface area contributed by atoms with Gasteiger partial charge in [-0.05, 0) is 55.6 Å². The Balaban J connectivity index is 1.48. The number of rotatable bonds is 4. The SMILES string of the molecule is CCN1CC[C@@H](C)[C@H](Oc2ccc3c(c2)CN([C@H]2CCC(=O)NC2=O)C3=O)C1. The van der Waals surface area contributed by atoms with E-state index in [0.717, 1.165) is 37.4 Å². The van der Waals surface area contributed by atoms with Gasteiger partial charge in [-0.15, -0.1) is 0 Å². The van der Waals surface area contributed by atoms with Crippen molar-refractivity contribution in [3.05, 3.63) is 29.3 Å². The maximum atomic E-state index is 12.8. The lowest BCUT2D eigenvalue weighted by Crippen LogP contribution is -2.52. The van der Waals surface area contributed by atoms with Gasteiger partial charge in [-0.25, -0.2) is 0 Å². The van der Waals surface area contributed by atoms with Crippen LogP contribution in [0.3, 0.4) is 0 Å². The summed E-state index contributed by atoms with van der Waals surface area (Å²) in [5.74, 6) is 0.441. The van der Waals surface area contributed by atoms with Gasteiger partial charge < -0.3 is 9.64 Å². The molecule has 2 fully saturated rings. The molecular weight excluding hydrogens is 358 g/mol. The van der Waals surface area contributed by atoms with Crippen LogP contribution in [0.15, 0.2) is 18.2 Å². The number of hydrogen-bond acceptors (Lipinski definition) is 5. The van der Waals surface area contributed by atoms with Crippen molar-refractivity contribution in [2.24, 2.45) is 5.92 Å². The molecule has 150 valence electrons. The fraction of sp³-hybridized carbons (Fsp3) is 0.571. The standard InChI is InChI=1S/C21H27N3O4/c1-3-23-9-8-13(2)18(12-23)28-15-4-5-16-14(10-15)11-24(21(16)27)17-6-7-19(25)22-20(17)26/h4-5,10,13,17-18H,3,6-9,11-12H2,1-2H3,(H,22,25,26)/t13-,17+,18-/m1/s1. The minimum absolute atomic E-state index is 0.134. The molecule has 0 spiro atoms. The molecule has 3 atom stereocenters. The number of carbonyl (C=O) groups is 3. The normalized spacial score (nSPS) is 28.3. The topological polar surface area (TPSA) is 79.0 Å². The summed E-state index contributed by atoms with van der Waals surface area (Å²) in [6.45, 7) is 7.80. The van der Waals surface area contributed by atoms with Gasteiger partial charge in [0.2, 0.25) is 11.8 Å². The zero-order valence-electron chi connectivity index (χ0n) is 16.4. The fourth-order valence-corrected chi connectivity index (χ4v) is 4.34. The second-order valence-electron chi connectivity index (χ2n) is 8.03. The van der Waals surface area contributed by atoms with Gasteiger partial charge in [-0.1, -0.05) is 13.8 Å². The second kappa shape index (κ2) is 7.54. The molecule has 3 aliphatic rings. The molecule has 7 nitrogen and oxygen atoms in total. The van der Waals surface area contributed by atoms with Gasteiger partial charge >= 0.3 is 0 Å². The van der Waals surface area contributed by atoms with Crippen LogP contribution in [0.4, 0.5) is 0 Å². The molecule has 0 unspecified atom stereocenters. The van der Waals surface area contributed by atoms with E-state index in [1.807, 2.05) is 12.1 Å². The van der Waals surface area contributed by atoms with Crippen molar-refractivity contribution in [2.75, 3.05) is 19.6 Å². The van der Waals surface area contributed by atoms with Crippen LogP contribution in [0.1, 0.15) is 49.0 Å². The summed E-state index contributed by atoms with van der Waals surface area (Å²) < 4.78 is 6.28. The molecule has 0 saturated carbocycles. The number of nitrogens with zero attached hydrogens (tertiary/aromatic N) is 2. The molecule has 7 heteroatoms. The van der Waals surface area contributed by atoms with Gasteiger partial charge in [-0.3, -0.25) is 24.6 Å². The smallest absolute Gasteiger partial charge is 0.255 e. The van der Waals surface area contributed by atoms with Crippen molar-refractivity contribution in [1.82, 2.24) is 15.1 Å². The van der Waals surface area contributed by atoms with Crippen molar-refractivity contribution in [2.45, 2.75) is 51.8 Å². The Morgan fingerprint density at radius 1 is 1.21 bits per heavy atom. The Labute approximate surface area is 165 Å². The van der Waals surface area contributed by atoms with Crippen molar-refractivity contribution < 1.29 is 19.1 Å². The first-order valence-electron chi connectivity index (χ1n) is 10.1. The zero-order valence-corrected chi connectivity index (χ0v) is 16.4. The van der Waals surface area contributed by atoms with Crippen molar-refractivity contribution >= 4 is 17.7 Å². The molecule has 3 heterocycles. The third-order valence-electron chi connectivity index (χ3n) is 6.20. The number of piperidine rings is 2. The summed E-state index contributed by atoms with van der Waals surface area (Å²) in [6, 6.07) is 4.99. The number of nitrogens with one attached hydrogen (secondary N) is 1. The Hall–Kier alpha value is -2.41. The molecule has 3 aliphatic heterocycles. The van der Waals surface area contributed by atoms with Gasteiger partial charge in [0, 0.05) is 25.1 Å². The molecule has 3 amide bonds. The number of hydrogen-bond donors (Lipinski definition) is 1. The van der Waals surface area contributed by atoms with Gasteiger partial charge in [0.1, 0.15) is 17.9 Å². The highest BCUT2D eigenvalue weighted by atomic mass is 16.5. The van der Waals surface area contributed by atoms with Crippen LogP contribution in [0.2, 0.25) is 0 Å². The lowest BCUT2D eigenvalue weighted by Gasteiger charge is -2.36. The molecule has 1 aromatic rings. The van der Waals surface area contributed by atoms with E-state index in [2.05, 4.69) is 24.1 Å². The Kier molecular flexibility index (Phi) is 5.10. The van der Waals surface area contributed by atoms with Crippen LogP contribution in [0, 0.1) is 5.92 Å². The molecule has 0 aliphatic carbocycles. The second-order valence-corrected chi connectivity index (χ2v) is 8.03. The van der Waals surface area contributed by atoms with E-state index in [1.54, 1.807) is 11.0 Å². The minimum atomic E-state index is -0.585. The summed E-state index contributed by atoms with van der Waals surface area (Å²) >= 11 is 0. The summed E-state index contributed by atoms with van der Waals surface area (Å²) in [5.41, 5.74) is 1.49. The Morgan fingerprint density at radius 2 is 2.04 bits per heavy atom. The molecule has 0 aromatic heterocycles. The monoisotopic (exact) mass is 385 g/mol. The third kappa shape index (κ3) is 3.51. The zero-order chi connectivity index (χ0) is 19.8. The summed E-state index contributed by atoms with van der Waals surface area (Å²) in [7, 11) is 0. The summed E-state index contributed by atoms with van der Waals surface area (Å²) in [6.07, 6.45) is 1.89. The van der Waals surface area contributed by atoms with E-state index in [0.29, 0.717) is 24.4 Å². The lowest BCUT2D eigenvalue weighted by molar-refractivity contribution is -0.136. The first kappa shape index (κ1) is 18.9. The number of imide groups is 1. The average Bonchev–Trinajstić information content (AvgIpc) is 2.99. The number of carbonyl (C=O) groups excluding carboxylic acids is 3. The number of amides is 3. The summed E-state index contributed by atoms with van der Waals surface area (Å²) in [5, 5.41) is 2.33. The molecule has 4 rings (SSSR count). The van der Waals surface area contributed by atoms with E-state index in [1.165, 1.54) is 0 Å². The molecule has 1 aromatic carbocycles. The van der Waals surface area contributed by atoms with Gasteiger partial charge in [0.15, 0.2) is 0 Å². The van der Waals surface area contributed by atoms with Crippen LogP contribution in [-0.4, -0.2) is 59.3 Å². The Morgan fingerprint density at radius 3 is 2.79 bits per heavy atom. The lowest BCUT2D eigenvalue weighted by atomic mass is 9.96. The maximum Gasteiger partial charge on any atom is 0.255 e. The molecule has 0 bridgehead atoms. The summed E-state index contributed by atoms with van der Waals surface area (Å²) in [4.78, 5) is 40.3. The van der Waals surface area contributed by atoms with E-state index in [-0.39, 0.29) is 30.2 Å². The van der Waals surface area contributed by atoms with Crippen LogP contribution >= 0.6 is 0 Å². The number of likely N-dealkylation sites (N-methyl/N-ethyl adjacent to an activating group) is 1. The predicted molar refractivity (Wildman–Crippen MR) is 103 cm³/mol. The molecule has 2 saturated heterocycles.